The molecule has 1 aliphatic carbocycles. The van der Waals surface area contributed by atoms with E-state index in [1.54, 1.807) is 23.1 Å². The standard InChI is InChI=1S/C27H31NO4/c1-3-15-32-22-14-8-11-20(17-22)25(29)23-24(19-10-7-9-18(2)16-19)28(27(31)26(23)30)21-12-5-4-6-13-21/h7-11,14,16-17,21,24,29H,3-6,12-13,15H2,1-2H3/b25-23-. The van der Waals surface area contributed by atoms with Gasteiger partial charge < -0.3 is 14.7 Å². The quantitative estimate of drug-likeness (QED) is 0.369. The lowest BCUT2D eigenvalue weighted by atomic mass is 9.90. The Morgan fingerprint density at radius 3 is 2.53 bits per heavy atom. The summed E-state index contributed by atoms with van der Waals surface area (Å²) < 4.78 is 5.70. The fourth-order valence-corrected chi connectivity index (χ4v) is 4.86. The molecule has 1 amide bonds. The van der Waals surface area contributed by atoms with E-state index in [9.17, 15) is 14.7 Å². The molecule has 5 heteroatoms. The van der Waals surface area contributed by atoms with Crippen molar-refractivity contribution in [2.24, 2.45) is 0 Å². The SMILES string of the molecule is CCCOc1cccc(/C(O)=C2/C(=O)C(=O)N(C3CCCCC3)C2c2cccc(C)c2)c1. The third-order valence-electron chi connectivity index (χ3n) is 6.39. The minimum atomic E-state index is -0.612. The number of rotatable bonds is 6. The average Bonchev–Trinajstić information content (AvgIpc) is 3.08. The lowest BCUT2D eigenvalue weighted by Crippen LogP contribution is -2.40. The van der Waals surface area contributed by atoms with Gasteiger partial charge in [0.2, 0.25) is 0 Å². The van der Waals surface area contributed by atoms with Crippen LogP contribution in [0.2, 0.25) is 0 Å². The molecule has 1 atom stereocenters. The maximum atomic E-state index is 13.3. The number of carbonyl (C=O) groups is 2. The number of ether oxygens (including phenoxy) is 1. The van der Waals surface area contributed by atoms with Gasteiger partial charge in [0.05, 0.1) is 18.2 Å². The van der Waals surface area contributed by atoms with Gasteiger partial charge in [-0.3, -0.25) is 9.59 Å². The number of amides is 1. The molecule has 32 heavy (non-hydrogen) atoms. The van der Waals surface area contributed by atoms with Crippen LogP contribution in [0.3, 0.4) is 0 Å². The van der Waals surface area contributed by atoms with Gasteiger partial charge in [-0.2, -0.15) is 0 Å². The van der Waals surface area contributed by atoms with Gasteiger partial charge in [0.15, 0.2) is 0 Å². The second-order valence-electron chi connectivity index (χ2n) is 8.79. The van der Waals surface area contributed by atoms with E-state index in [4.69, 9.17) is 4.74 Å². The van der Waals surface area contributed by atoms with Crippen molar-refractivity contribution in [3.63, 3.8) is 0 Å². The van der Waals surface area contributed by atoms with Gasteiger partial charge in [-0.15, -0.1) is 0 Å². The van der Waals surface area contributed by atoms with Crippen LogP contribution in [0.1, 0.15) is 68.2 Å². The molecule has 0 aromatic heterocycles. The molecule has 1 saturated heterocycles. The zero-order valence-corrected chi connectivity index (χ0v) is 18.8. The zero-order chi connectivity index (χ0) is 22.7. The summed E-state index contributed by atoms with van der Waals surface area (Å²) >= 11 is 0. The van der Waals surface area contributed by atoms with Gasteiger partial charge in [0, 0.05) is 11.6 Å². The molecule has 0 bridgehead atoms. The minimum Gasteiger partial charge on any atom is -0.507 e. The van der Waals surface area contributed by atoms with Crippen LogP contribution in [0.25, 0.3) is 5.76 Å². The zero-order valence-electron chi connectivity index (χ0n) is 18.8. The molecule has 4 rings (SSSR count). The van der Waals surface area contributed by atoms with Crippen molar-refractivity contribution in [3.05, 3.63) is 70.8 Å². The topological polar surface area (TPSA) is 66.8 Å². The number of ketones is 1. The van der Waals surface area contributed by atoms with E-state index in [0.29, 0.717) is 17.9 Å². The van der Waals surface area contributed by atoms with E-state index in [-0.39, 0.29) is 17.4 Å². The van der Waals surface area contributed by atoms with Crippen molar-refractivity contribution in [3.8, 4) is 5.75 Å². The fourth-order valence-electron chi connectivity index (χ4n) is 4.86. The van der Waals surface area contributed by atoms with Crippen LogP contribution in [0.5, 0.6) is 5.75 Å². The lowest BCUT2D eigenvalue weighted by Gasteiger charge is -2.35. The Kier molecular flexibility index (Phi) is 6.63. The van der Waals surface area contributed by atoms with E-state index in [0.717, 1.165) is 49.7 Å². The van der Waals surface area contributed by atoms with Crippen LogP contribution >= 0.6 is 0 Å². The summed E-state index contributed by atoms with van der Waals surface area (Å²) in [7, 11) is 0. The summed E-state index contributed by atoms with van der Waals surface area (Å²) in [6.07, 6.45) is 5.89. The maximum Gasteiger partial charge on any atom is 0.295 e. The van der Waals surface area contributed by atoms with Gasteiger partial charge in [0.25, 0.3) is 11.7 Å². The molecule has 1 unspecified atom stereocenters. The third kappa shape index (κ3) is 4.29. The highest BCUT2D eigenvalue weighted by atomic mass is 16.5. The van der Waals surface area contributed by atoms with Gasteiger partial charge in [-0.1, -0.05) is 68.1 Å². The molecule has 1 heterocycles. The second-order valence-corrected chi connectivity index (χ2v) is 8.79. The number of hydrogen-bond acceptors (Lipinski definition) is 4. The van der Waals surface area contributed by atoms with Crippen molar-refractivity contribution in [2.75, 3.05) is 6.61 Å². The van der Waals surface area contributed by atoms with Crippen molar-refractivity contribution >= 4 is 17.4 Å². The molecule has 2 aliphatic rings. The van der Waals surface area contributed by atoms with Crippen LogP contribution in [0.4, 0.5) is 0 Å². The monoisotopic (exact) mass is 433 g/mol. The summed E-state index contributed by atoms with van der Waals surface area (Å²) in [4.78, 5) is 28.2. The van der Waals surface area contributed by atoms with E-state index in [2.05, 4.69) is 0 Å². The summed E-state index contributed by atoms with van der Waals surface area (Å²) in [5.41, 5.74) is 2.55. The summed E-state index contributed by atoms with van der Waals surface area (Å²) in [6, 6.07) is 14.4. The number of likely N-dealkylation sites (tertiary alicyclic amines) is 1. The van der Waals surface area contributed by atoms with Crippen LogP contribution < -0.4 is 4.74 Å². The first-order valence-corrected chi connectivity index (χ1v) is 11.6. The van der Waals surface area contributed by atoms with Gasteiger partial charge in [-0.05, 0) is 43.9 Å². The first-order valence-electron chi connectivity index (χ1n) is 11.6. The average molecular weight is 434 g/mol. The van der Waals surface area contributed by atoms with Crippen LogP contribution in [0.15, 0.2) is 54.1 Å². The number of benzene rings is 2. The third-order valence-corrected chi connectivity index (χ3v) is 6.39. The second kappa shape index (κ2) is 9.60. The number of nitrogens with zero attached hydrogens (tertiary/aromatic N) is 1. The largest absolute Gasteiger partial charge is 0.507 e. The Morgan fingerprint density at radius 2 is 1.81 bits per heavy atom. The number of aliphatic hydroxyl groups is 1. The molecule has 168 valence electrons. The van der Waals surface area contributed by atoms with E-state index < -0.39 is 17.7 Å². The highest BCUT2D eigenvalue weighted by Crippen LogP contribution is 2.43. The Hall–Kier alpha value is -3.08. The summed E-state index contributed by atoms with van der Waals surface area (Å²) in [5, 5.41) is 11.3. The number of aryl methyl sites for hydroxylation is 1. The number of Topliss-reactive ketones (excluding diaryl/α,β-unsaturated/α-hetero) is 1. The predicted octanol–water partition coefficient (Wildman–Crippen LogP) is 5.54. The van der Waals surface area contributed by atoms with E-state index in [1.165, 1.54) is 0 Å². The number of aliphatic hydroxyl groups excluding tert-OH is 1. The number of hydrogen-bond donors (Lipinski definition) is 1. The van der Waals surface area contributed by atoms with Gasteiger partial charge in [-0.25, -0.2) is 0 Å². The molecule has 1 saturated carbocycles. The van der Waals surface area contributed by atoms with E-state index in [1.807, 2.05) is 44.2 Å². The fraction of sp³-hybridized carbons (Fsp3) is 0.407. The summed E-state index contributed by atoms with van der Waals surface area (Å²) in [5.74, 6) is -0.637. The molecule has 2 fully saturated rings. The summed E-state index contributed by atoms with van der Waals surface area (Å²) in [6.45, 7) is 4.59. The first-order chi connectivity index (χ1) is 15.5. The molecular formula is C27H31NO4. The predicted molar refractivity (Wildman–Crippen MR) is 124 cm³/mol. The highest BCUT2D eigenvalue weighted by Gasteiger charge is 2.48. The lowest BCUT2D eigenvalue weighted by molar-refractivity contribution is -0.141. The first kappa shape index (κ1) is 22.1. The molecule has 5 nitrogen and oxygen atoms in total. The van der Waals surface area contributed by atoms with Crippen LogP contribution in [-0.4, -0.2) is 34.3 Å². The Balaban J connectivity index is 1.83. The minimum absolute atomic E-state index is 0.00948. The maximum absolute atomic E-state index is 13.3. The molecular weight excluding hydrogens is 402 g/mol. The molecule has 1 aliphatic heterocycles. The molecule has 1 N–H and O–H groups in total. The van der Waals surface area contributed by atoms with E-state index >= 15 is 0 Å². The van der Waals surface area contributed by atoms with Crippen molar-refractivity contribution in [1.82, 2.24) is 4.90 Å². The smallest absolute Gasteiger partial charge is 0.295 e. The molecule has 2 aromatic carbocycles. The molecule has 2 aromatic rings. The Morgan fingerprint density at radius 1 is 1.06 bits per heavy atom. The normalized spacial score (nSPS) is 21.2. The Labute approximate surface area is 189 Å². The highest BCUT2D eigenvalue weighted by molar-refractivity contribution is 6.46. The molecule has 0 spiro atoms. The van der Waals surface area contributed by atoms with Gasteiger partial charge >= 0.3 is 0 Å². The van der Waals surface area contributed by atoms with Gasteiger partial charge in [0.1, 0.15) is 11.5 Å². The van der Waals surface area contributed by atoms with Crippen molar-refractivity contribution < 1.29 is 19.4 Å². The van der Waals surface area contributed by atoms with Crippen LogP contribution in [0, 0.1) is 6.92 Å². The number of carbonyl (C=O) groups excluding carboxylic acids is 2. The van der Waals surface area contributed by atoms with Crippen molar-refractivity contribution in [1.29, 1.82) is 0 Å². The Bertz CT molecular complexity index is 1040. The van der Waals surface area contributed by atoms with Crippen LogP contribution in [-0.2, 0) is 9.59 Å². The molecule has 0 radical (unpaired) electrons. The van der Waals surface area contributed by atoms with Crippen molar-refractivity contribution in [2.45, 2.75) is 64.5 Å².